The summed E-state index contributed by atoms with van der Waals surface area (Å²) in [5, 5.41) is 0.0653. The molecule has 0 spiro atoms. The van der Waals surface area contributed by atoms with E-state index in [4.69, 9.17) is 21.7 Å². The molecule has 2 aromatic carbocycles. The first kappa shape index (κ1) is 19.4. The van der Waals surface area contributed by atoms with Gasteiger partial charge in [0.2, 0.25) is 5.05 Å². The molecule has 0 saturated heterocycles. The van der Waals surface area contributed by atoms with Crippen LogP contribution in [0.2, 0.25) is 0 Å². The molecule has 0 bridgehead atoms. The molecule has 0 radical (unpaired) electrons. The number of ether oxygens (including phenoxy) is 2. The molecule has 25 heavy (non-hydrogen) atoms. The Morgan fingerprint density at radius 2 is 1.48 bits per heavy atom. The number of rotatable bonds is 5. The van der Waals surface area contributed by atoms with Crippen LogP contribution in [-0.2, 0) is 21.3 Å². The second kappa shape index (κ2) is 7.54. The minimum Gasteiger partial charge on any atom is -0.481 e. The van der Waals surface area contributed by atoms with Crippen molar-refractivity contribution in [1.82, 2.24) is 0 Å². The molecule has 2 aromatic rings. The van der Waals surface area contributed by atoms with Gasteiger partial charge in [0, 0.05) is 7.11 Å². The molecule has 0 heterocycles. The Kier molecular flexibility index (Phi) is 5.85. The Hall–Kier alpha value is -1.92. The summed E-state index contributed by atoms with van der Waals surface area (Å²) in [6.45, 7) is 3.59. The zero-order valence-electron chi connectivity index (χ0n) is 14.1. The number of methoxy groups -OCH3 is 1. The van der Waals surface area contributed by atoms with Crippen molar-refractivity contribution in [2.75, 3.05) is 7.11 Å². The SMILES string of the molecule is COC(C(=S)OC(C)C)(c1ccccc1)c1cccc(C(F)(F)F)c1. The molecule has 0 fully saturated rings. The lowest BCUT2D eigenvalue weighted by Gasteiger charge is -2.34. The van der Waals surface area contributed by atoms with E-state index in [-0.39, 0.29) is 16.7 Å². The van der Waals surface area contributed by atoms with Crippen molar-refractivity contribution < 1.29 is 22.6 Å². The largest absolute Gasteiger partial charge is 0.481 e. The lowest BCUT2D eigenvalue weighted by atomic mass is 9.85. The number of hydrogen-bond donors (Lipinski definition) is 0. The Balaban J connectivity index is 2.69. The van der Waals surface area contributed by atoms with E-state index in [2.05, 4.69) is 0 Å². The van der Waals surface area contributed by atoms with Crippen molar-refractivity contribution in [2.45, 2.75) is 31.7 Å². The molecule has 2 rings (SSSR count). The molecule has 0 amide bonds. The van der Waals surface area contributed by atoms with Gasteiger partial charge in [0.05, 0.1) is 11.7 Å². The average Bonchev–Trinajstić information content (AvgIpc) is 2.56. The highest BCUT2D eigenvalue weighted by molar-refractivity contribution is 7.80. The lowest BCUT2D eigenvalue weighted by molar-refractivity contribution is -0.137. The molecular formula is C19H19F3O2S. The summed E-state index contributed by atoms with van der Waals surface area (Å²) in [7, 11) is 1.41. The minimum atomic E-state index is -4.47. The predicted molar refractivity (Wildman–Crippen MR) is 94.5 cm³/mol. The fourth-order valence-electron chi connectivity index (χ4n) is 2.61. The third-order valence-electron chi connectivity index (χ3n) is 3.71. The van der Waals surface area contributed by atoms with Crippen LogP contribution < -0.4 is 0 Å². The van der Waals surface area contributed by atoms with Crippen LogP contribution in [0, 0.1) is 0 Å². The molecule has 1 unspecified atom stereocenters. The maximum Gasteiger partial charge on any atom is 0.416 e. The van der Waals surface area contributed by atoms with Crippen molar-refractivity contribution in [1.29, 1.82) is 0 Å². The van der Waals surface area contributed by atoms with E-state index in [1.807, 2.05) is 6.07 Å². The van der Waals surface area contributed by atoms with E-state index in [0.29, 0.717) is 5.56 Å². The molecule has 6 heteroatoms. The molecule has 0 aliphatic carbocycles. The molecule has 0 aliphatic heterocycles. The molecule has 0 aromatic heterocycles. The van der Waals surface area contributed by atoms with Gasteiger partial charge in [-0.1, -0.05) is 42.5 Å². The molecule has 0 aliphatic rings. The Morgan fingerprint density at radius 3 is 2.00 bits per heavy atom. The van der Waals surface area contributed by atoms with Gasteiger partial charge in [-0.05, 0) is 49.3 Å². The summed E-state index contributed by atoms with van der Waals surface area (Å²) in [4.78, 5) is 0. The van der Waals surface area contributed by atoms with Gasteiger partial charge in [-0.3, -0.25) is 0 Å². The number of thiocarbonyl (C=S) groups is 1. The summed E-state index contributed by atoms with van der Waals surface area (Å²) in [6, 6.07) is 13.8. The van der Waals surface area contributed by atoms with Crippen molar-refractivity contribution in [3.8, 4) is 0 Å². The van der Waals surface area contributed by atoms with E-state index in [1.54, 1.807) is 44.2 Å². The zero-order chi connectivity index (χ0) is 18.7. The topological polar surface area (TPSA) is 18.5 Å². The highest BCUT2D eigenvalue weighted by Gasteiger charge is 2.42. The first-order valence-electron chi connectivity index (χ1n) is 7.71. The lowest BCUT2D eigenvalue weighted by Crippen LogP contribution is -2.40. The van der Waals surface area contributed by atoms with Crippen molar-refractivity contribution in [3.05, 3.63) is 71.3 Å². The first-order valence-corrected chi connectivity index (χ1v) is 8.12. The van der Waals surface area contributed by atoms with E-state index in [1.165, 1.54) is 13.2 Å². The zero-order valence-corrected chi connectivity index (χ0v) is 14.9. The quantitative estimate of drug-likeness (QED) is 0.663. The molecule has 2 nitrogen and oxygen atoms in total. The number of alkyl halides is 3. The van der Waals surface area contributed by atoms with Crippen LogP contribution in [0.15, 0.2) is 54.6 Å². The molecular weight excluding hydrogens is 349 g/mol. The van der Waals surface area contributed by atoms with Gasteiger partial charge in [0.25, 0.3) is 0 Å². The maximum absolute atomic E-state index is 13.2. The van der Waals surface area contributed by atoms with E-state index >= 15 is 0 Å². The van der Waals surface area contributed by atoms with Crippen molar-refractivity contribution >= 4 is 17.3 Å². The minimum absolute atomic E-state index is 0.0653. The van der Waals surface area contributed by atoms with Crippen LogP contribution in [0.1, 0.15) is 30.5 Å². The normalized spacial score (nSPS) is 14.2. The summed E-state index contributed by atoms with van der Waals surface area (Å²) in [5.74, 6) is 0. The van der Waals surface area contributed by atoms with Crippen LogP contribution in [0.25, 0.3) is 0 Å². The monoisotopic (exact) mass is 368 g/mol. The van der Waals surface area contributed by atoms with Gasteiger partial charge in [-0.15, -0.1) is 0 Å². The summed E-state index contributed by atoms with van der Waals surface area (Å²) in [6.07, 6.45) is -4.70. The van der Waals surface area contributed by atoms with Crippen molar-refractivity contribution in [3.63, 3.8) is 0 Å². The van der Waals surface area contributed by atoms with Gasteiger partial charge >= 0.3 is 6.18 Å². The second-order valence-corrected chi connectivity index (χ2v) is 6.15. The van der Waals surface area contributed by atoms with Crippen molar-refractivity contribution in [2.24, 2.45) is 0 Å². The van der Waals surface area contributed by atoms with E-state index in [0.717, 1.165) is 12.1 Å². The van der Waals surface area contributed by atoms with Gasteiger partial charge in [0.1, 0.15) is 0 Å². The van der Waals surface area contributed by atoms with E-state index < -0.39 is 17.3 Å². The summed E-state index contributed by atoms with van der Waals surface area (Å²) < 4.78 is 50.9. The Morgan fingerprint density at radius 1 is 0.920 bits per heavy atom. The molecule has 134 valence electrons. The first-order chi connectivity index (χ1) is 11.7. The summed E-state index contributed by atoms with van der Waals surface area (Å²) in [5.41, 5.74) is -1.32. The van der Waals surface area contributed by atoms with Gasteiger partial charge < -0.3 is 9.47 Å². The number of hydrogen-bond acceptors (Lipinski definition) is 3. The fraction of sp³-hybridized carbons (Fsp3) is 0.316. The number of halogens is 3. The van der Waals surface area contributed by atoms with Crippen LogP contribution in [0.5, 0.6) is 0 Å². The summed E-state index contributed by atoms with van der Waals surface area (Å²) >= 11 is 5.44. The van der Waals surface area contributed by atoms with E-state index in [9.17, 15) is 13.2 Å². The highest BCUT2D eigenvalue weighted by Crippen LogP contribution is 2.39. The molecule has 1 atom stereocenters. The predicted octanol–water partition coefficient (Wildman–Crippen LogP) is 5.35. The van der Waals surface area contributed by atoms with Crippen LogP contribution in [0.3, 0.4) is 0 Å². The van der Waals surface area contributed by atoms with Gasteiger partial charge in [-0.25, -0.2) is 0 Å². The maximum atomic E-state index is 13.2. The van der Waals surface area contributed by atoms with Gasteiger partial charge in [-0.2, -0.15) is 13.2 Å². The Labute approximate surface area is 150 Å². The molecule has 0 saturated carbocycles. The second-order valence-electron chi connectivity index (χ2n) is 5.78. The third-order valence-corrected chi connectivity index (χ3v) is 4.10. The van der Waals surface area contributed by atoms with Gasteiger partial charge in [0.15, 0.2) is 5.60 Å². The van der Waals surface area contributed by atoms with Crippen LogP contribution >= 0.6 is 12.2 Å². The molecule has 0 N–H and O–H groups in total. The standard InChI is InChI=1S/C19H19F3O2S/c1-13(2)24-17(25)18(23-3,14-8-5-4-6-9-14)15-10-7-11-16(12-15)19(20,21)22/h4-13H,1-3H3. The smallest absolute Gasteiger partial charge is 0.416 e. The third kappa shape index (κ3) is 4.02. The van der Waals surface area contributed by atoms with Crippen LogP contribution in [0.4, 0.5) is 13.2 Å². The highest BCUT2D eigenvalue weighted by atomic mass is 32.1. The average molecular weight is 368 g/mol. The number of benzene rings is 2. The Bertz CT molecular complexity index is 729. The fourth-order valence-corrected chi connectivity index (χ4v) is 3.12. The van der Waals surface area contributed by atoms with Crippen LogP contribution in [-0.4, -0.2) is 18.3 Å².